The van der Waals surface area contributed by atoms with Crippen LogP contribution in [0.4, 0.5) is 4.79 Å². The van der Waals surface area contributed by atoms with E-state index in [9.17, 15) is 4.79 Å². The van der Waals surface area contributed by atoms with Crippen LogP contribution in [0.1, 0.15) is 36.0 Å². The molecule has 2 amide bonds. The number of benzene rings is 2. The molecule has 1 aromatic heterocycles. The number of ether oxygens (including phenoxy) is 3. The van der Waals surface area contributed by atoms with Gasteiger partial charge in [0, 0.05) is 25.0 Å². The Balaban J connectivity index is 1.54. The van der Waals surface area contributed by atoms with E-state index in [1.807, 2.05) is 67.2 Å². The number of hydrogen-bond donors (Lipinski definition) is 2. The number of amides is 2. The first kappa shape index (κ1) is 19.6. The van der Waals surface area contributed by atoms with Crippen LogP contribution in [-0.4, -0.2) is 29.5 Å². The van der Waals surface area contributed by atoms with Crippen molar-refractivity contribution in [2.75, 3.05) is 13.9 Å². The van der Waals surface area contributed by atoms with Gasteiger partial charge in [-0.05, 0) is 30.7 Å². The molecule has 1 aliphatic rings. The van der Waals surface area contributed by atoms with E-state index in [2.05, 4.69) is 15.6 Å². The molecule has 1 aliphatic heterocycles. The number of nitrogens with zero attached hydrogens (tertiary/aromatic N) is 2. The summed E-state index contributed by atoms with van der Waals surface area (Å²) in [5.74, 6) is 2.77. The third-order valence-corrected chi connectivity index (χ3v) is 5.09. The highest BCUT2D eigenvalue weighted by molar-refractivity contribution is 5.75. The number of nitrogens with one attached hydrogen (secondary N) is 2. The van der Waals surface area contributed by atoms with Gasteiger partial charge in [0.2, 0.25) is 6.79 Å². The van der Waals surface area contributed by atoms with Gasteiger partial charge in [-0.15, -0.1) is 0 Å². The monoisotopic (exact) mass is 408 g/mol. The lowest BCUT2D eigenvalue weighted by molar-refractivity contribution is 0.174. The lowest BCUT2D eigenvalue weighted by Gasteiger charge is -2.23. The minimum absolute atomic E-state index is 0.214. The van der Waals surface area contributed by atoms with Crippen molar-refractivity contribution in [2.24, 2.45) is 7.05 Å². The third kappa shape index (κ3) is 3.89. The Morgan fingerprint density at radius 1 is 1.17 bits per heavy atom. The van der Waals surface area contributed by atoms with E-state index in [4.69, 9.17) is 14.2 Å². The number of urea groups is 1. The molecule has 0 unspecified atom stereocenters. The number of imidazole rings is 1. The van der Waals surface area contributed by atoms with Crippen LogP contribution >= 0.6 is 0 Å². The minimum atomic E-state index is -0.481. The maximum Gasteiger partial charge on any atom is 0.316 e. The average molecular weight is 408 g/mol. The summed E-state index contributed by atoms with van der Waals surface area (Å²) in [5.41, 5.74) is 1.74. The molecule has 4 rings (SSSR count). The summed E-state index contributed by atoms with van der Waals surface area (Å²) in [4.78, 5) is 17.3. The Kier molecular flexibility index (Phi) is 5.47. The SMILES string of the molecule is COc1ccccc1[C@H](NC(=O)N[C@H](C)c1ccc2c(c1)OCO2)c1nccn1C. The second-order valence-electron chi connectivity index (χ2n) is 7.02. The van der Waals surface area contributed by atoms with Crippen molar-refractivity contribution >= 4 is 6.03 Å². The van der Waals surface area contributed by atoms with Gasteiger partial charge in [0.15, 0.2) is 11.5 Å². The minimum Gasteiger partial charge on any atom is -0.496 e. The van der Waals surface area contributed by atoms with Gasteiger partial charge in [-0.1, -0.05) is 24.3 Å². The van der Waals surface area contributed by atoms with Gasteiger partial charge in [0.05, 0.1) is 13.2 Å². The Labute approximate surface area is 174 Å². The fourth-order valence-electron chi connectivity index (χ4n) is 3.48. The molecule has 2 heterocycles. The first-order valence-electron chi connectivity index (χ1n) is 9.63. The summed E-state index contributed by atoms with van der Waals surface area (Å²) in [6.45, 7) is 2.13. The number of para-hydroxylation sites is 1. The molecule has 0 fully saturated rings. The van der Waals surface area contributed by atoms with Crippen LogP contribution in [0.25, 0.3) is 0 Å². The first-order chi connectivity index (χ1) is 14.6. The van der Waals surface area contributed by atoms with Gasteiger partial charge in [-0.3, -0.25) is 0 Å². The largest absolute Gasteiger partial charge is 0.496 e. The van der Waals surface area contributed by atoms with Crippen LogP contribution in [0.3, 0.4) is 0 Å². The Hall–Kier alpha value is -3.68. The van der Waals surface area contributed by atoms with E-state index < -0.39 is 6.04 Å². The van der Waals surface area contributed by atoms with E-state index >= 15 is 0 Å². The van der Waals surface area contributed by atoms with Crippen LogP contribution in [0.2, 0.25) is 0 Å². The van der Waals surface area contributed by atoms with Crippen molar-refractivity contribution in [3.63, 3.8) is 0 Å². The van der Waals surface area contributed by atoms with Crippen molar-refractivity contribution in [3.8, 4) is 17.2 Å². The highest BCUT2D eigenvalue weighted by Gasteiger charge is 2.25. The Morgan fingerprint density at radius 3 is 2.73 bits per heavy atom. The van der Waals surface area contributed by atoms with Gasteiger partial charge >= 0.3 is 6.03 Å². The van der Waals surface area contributed by atoms with Gasteiger partial charge in [-0.2, -0.15) is 0 Å². The van der Waals surface area contributed by atoms with Crippen LogP contribution in [-0.2, 0) is 7.05 Å². The average Bonchev–Trinajstić information content (AvgIpc) is 3.40. The fourth-order valence-corrected chi connectivity index (χ4v) is 3.48. The maximum atomic E-state index is 12.9. The van der Waals surface area contributed by atoms with Crippen molar-refractivity contribution in [2.45, 2.75) is 19.0 Å². The number of aromatic nitrogens is 2. The molecule has 0 saturated carbocycles. The molecular weight excluding hydrogens is 384 g/mol. The maximum absolute atomic E-state index is 12.9. The molecule has 0 bridgehead atoms. The van der Waals surface area contributed by atoms with E-state index in [1.165, 1.54) is 0 Å². The zero-order valence-electron chi connectivity index (χ0n) is 17.1. The van der Waals surface area contributed by atoms with E-state index in [-0.39, 0.29) is 18.9 Å². The molecule has 2 atom stereocenters. The van der Waals surface area contributed by atoms with E-state index in [0.717, 1.165) is 11.1 Å². The molecule has 8 heteroatoms. The van der Waals surface area contributed by atoms with Crippen LogP contribution < -0.4 is 24.8 Å². The van der Waals surface area contributed by atoms with Gasteiger partial charge in [-0.25, -0.2) is 9.78 Å². The van der Waals surface area contributed by atoms with Crippen molar-refractivity contribution in [3.05, 3.63) is 71.8 Å². The summed E-state index contributed by atoms with van der Waals surface area (Å²) < 4.78 is 18.2. The fraction of sp³-hybridized carbons (Fsp3) is 0.273. The highest BCUT2D eigenvalue weighted by Crippen LogP contribution is 2.34. The number of fused-ring (bicyclic) bond motifs is 1. The molecule has 30 heavy (non-hydrogen) atoms. The predicted octanol–water partition coefficient (Wildman–Crippen LogP) is 3.31. The van der Waals surface area contributed by atoms with Crippen molar-refractivity contribution in [1.29, 1.82) is 0 Å². The molecule has 8 nitrogen and oxygen atoms in total. The van der Waals surface area contributed by atoms with Gasteiger partial charge < -0.3 is 29.4 Å². The van der Waals surface area contributed by atoms with Crippen LogP contribution in [0, 0.1) is 0 Å². The Bertz CT molecular complexity index is 1050. The zero-order chi connectivity index (χ0) is 21.1. The lowest BCUT2D eigenvalue weighted by Crippen LogP contribution is -2.40. The molecule has 2 N–H and O–H groups in total. The van der Waals surface area contributed by atoms with Gasteiger partial charge in [0.25, 0.3) is 0 Å². The summed E-state index contributed by atoms with van der Waals surface area (Å²) in [7, 11) is 3.50. The number of rotatable bonds is 6. The summed E-state index contributed by atoms with van der Waals surface area (Å²) in [6, 6.07) is 12.2. The molecule has 0 aliphatic carbocycles. The summed E-state index contributed by atoms with van der Waals surface area (Å²) in [6.07, 6.45) is 3.54. The number of methoxy groups -OCH3 is 1. The molecule has 3 aromatic rings. The van der Waals surface area contributed by atoms with E-state index in [1.54, 1.807) is 13.3 Å². The second kappa shape index (κ2) is 8.36. The molecule has 0 saturated heterocycles. The molecule has 0 radical (unpaired) electrons. The molecular formula is C22H24N4O4. The summed E-state index contributed by atoms with van der Waals surface area (Å²) >= 11 is 0. The predicted molar refractivity (Wildman–Crippen MR) is 111 cm³/mol. The molecule has 2 aromatic carbocycles. The number of carbonyl (C=O) groups is 1. The smallest absolute Gasteiger partial charge is 0.316 e. The number of hydrogen-bond acceptors (Lipinski definition) is 5. The first-order valence-corrected chi connectivity index (χ1v) is 9.63. The second-order valence-corrected chi connectivity index (χ2v) is 7.02. The van der Waals surface area contributed by atoms with E-state index in [0.29, 0.717) is 23.1 Å². The standard InChI is InChI=1S/C22H24N4O4/c1-14(15-8-9-18-19(12-15)30-13-29-18)24-22(27)25-20(21-23-10-11-26(21)2)16-6-4-5-7-17(16)28-3/h4-12,14,20H,13H2,1-3H3,(H2,24,25,27)/t14-,20+/m1/s1. The normalized spacial score (nSPS) is 14.1. The van der Waals surface area contributed by atoms with Crippen LogP contribution in [0.15, 0.2) is 54.9 Å². The lowest BCUT2D eigenvalue weighted by atomic mass is 10.0. The topological polar surface area (TPSA) is 86.6 Å². The summed E-state index contributed by atoms with van der Waals surface area (Å²) in [5, 5.41) is 6.02. The number of aryl methyl sites for hydroxylation is 1. The molecule has 0 spiro atoms. The quantitative estimate of drug-likeness (QED) is 0.654. The highest BCUT2D eigenvalue weighted by atomic mass is 16.7. The third-order valence-electron chi connectivity index (χ3n) is 5.09. The zero-order valence-corrected chi connectivity index (χ0v) is 17.1. The van der Waals surface area contributed by atoms with Gasteiger partial charge in [0.1, 0.15) is 17.6 Å². The Morgan fingerprint density at radius 2 is 1.97 bits per heavy atom. The van der Waals surface area contributed by atoms with Crippen molar-refractivity contribution < 1.29 is 19.0 Å². The van der Waals surface area contributed by atoms with Crippen LogP contribution in [0.5, 0.6) is 17.2 Å². The number of carbonyl (C=O) groups excluding carboxylic acids is 1. The molecule has 156 valence electrons. The van der Waals surface area contributed by atoms with Crippen molar-refractivity contribution in [1.82, 2.24) is 20.2 Å².